The second kappa shape index (κ2) is 5.45. The fraction of sp³-hybridized carbons (Fsp3) is 0.643. The van der Waals surface area contributed by atoms with Crippen molar-refractivity contribution in [1.82, 2.24) is 14.9 Å². The van der Waals surface area contributed by atoms with Crippen molar-refractivity contribution in [2.75, 3.05) is 13.1 Å². The summed E-state index contributed by atoms with van der Waals surface area (Å²) in [6, 6.07) is 0. The molecular formula is C14H20ClN3O. The fourth-order valence-electron chi connectivity index (χ4n) is 2.43. The van der Waals surface area contributed by atoms with Gasteiger partial charge in [-0.2, -0.15) is 0 Å². The first kappa shape index (κ1) is 14.3. The monoisotopic (exact) mass is 281 g/mol. The molecule has 0 spiro atoms. The normalized spacial score (nSPS) is 19.8. The maximum Gasteiger partial charge on any atom is 0.227 e. The molecule has 4 nitrogen and oxygen atoms in total. The Balaban J connectivity index is 1.94. The number of aromatic nitrogens is 2. The van der Waals surface area contributed by atoms with Crippen LogP contribution >= 0.6 is 11.6 Å². The van der Waals surface area contributed by atoms with E-state index in [0.717, 1.165) is 31.6 Å². The van der Waals surface area contributed by atoms with Crippen LogP contribution in [0.5, 0.6) is 0 Å². The highest BCUT2D eigenvalue weighted by molar-refractivity contribution is 6.29. The third kappa shape index (κ3) is 3.66. The van der Waals surface area contributed by atoms with Crippen LogP contribution in [0.3, 0.4) is 0 Å². The van der Waals surface area contributed by atoms with E-state index in [2.05, 4.69) is 9.97 Å². The van der Waals surface area contributed by atoms with Crippen LogP contribution in [0.15, 0.2) is 12.4 Å². The minimum absolute atomic E-state index is 0.229. The topological polar surface area (TPSA) is 46.1 Å². The van der Waals surface area contributed by atoms with Gasteiger partial charge in [0.05, 0.1) is 11.9 Å². The lowest BCUT2D eigenvalue weighted by atomic mass is 9.95. The Bertz CT molecular complexity index is 470. The third-order valence-electron chi connectivity index (χ3n) is 3.37. The van der Waals surface area contributed by atoms with Gasteiger partial charge in [-0.1, -0.05) is 32.4 Å². The Morgan fingerprint density at radius 3 is 2.84 bits per heavy atom. The number of halogens is 1. The SMILES string of the molecule is CC(C)(C)C(=O)N1CC[C@H](Cc2cncc(Cl)n2)C1. The van der Waals surface area contributed by atoms with Gasteiger partial charge in [-0.05, 0) is 18.8 Å². The fourth-order valence-corrected chi connectivity index (χ4v) is 2.60. The molecule has 1 amide bonds. The van der Waals surface area contributed by atoms with Crippen molar-refractivity contribution in [3.05, 3.63) is 23.2 Å². The minimum atomic E-state index is -0.301. The van der Waals surface area contributed by atoms with Gasteiger partial charge >= 0.3 is 0 Å². The van der Waals surface area contributed by atoms with E-state index in [9.17, 15) is 4.79 Å². The van der Waals surface area contributed by atoms with Crippen molar-refractivity contribution in [2.24, 2.45) is 11.3 Å². The lowest BCUT2D eigenvalue weighted by Gasteiger charge is -2.25. The molecule has 1 aliphatic heterocycles. The number of carbonyl (C=O) groups is 1. The highest BCUT2D eigenvalue weighted by atomic mass is 35.5. The molecule has 0 radical (unpaired) electrons. The van der Waals surface area contributed by atoms with Crippen LogP contribution in [0, 0.1) is 11.3 Å². The largest absolute Gasteiger partial charge is 0.342 e. The summed E-state index contributed by atoms with van der Waals surface area (Å²) in [5, 5.41) is 0.429. The second-order valence-corrected chi connectivity index (χ2v) is 6.58. The van der Waals surface area contributed by atoms with Crippen molar-refractivity contribution in [3.63, 3.8) is 0 Å². The predicted molar refractivity (Wildman–Crippen MR) is 74.9 cm³/mol. The molecule has 1 atom stereocenters. The number of nitrogens with zero attached hydrogens (tertiary/aromatic N) is 3. The van der Waals surface area contributed by atoms with Crippen molar-refractivity contribution in [3.8, 4) is 0 Å². The quantitative estimate of drug-likeness (QED) is 0.837. The first-order valence-corrected chi connectivity index (χ1v) is 7.00. The minimum Gasteiger partial charge on any atom is -0.342 e. The molecule has 1 aromatic heterocycles. The summed E-state index contributed by atoms with van der Waals surface area (Å²) in [4.78, 5) is 22.5. The molecular weight excluding hydrogens is 262 g/mol. The zero-order valence-electron chi connectivity index (χ0n) is 11.7. The van der Waals surface area contributed by atoms with Crippen molar-refractivity contribution in [2.45, 2.75) is 33.6 Å². The van der Waals surface area contributed by atoms with Gasteiger partial charge in [0.15, 0.2) is 0 Å². The Hall–Kier alpha value is -1.16. The van der Waals surface area contributed by atoms with Gasteiger partial charge in [0, 0.05) is 24.7 Å². The van der Waals surface area contributed by atoms with E-state index in [1.807, 2.05) is 25.7 Å². The number of hydrogen-bond acceptors (Lipinski definition) is 3. The summed E-state index contributed by atoms with van der Waals surface area (Å²) in [5.74, 6) is 0.686. The third-order valence-corrected chi connectivity index (χ3v) is 3.55. The number of amides is 1. The van der Waals surface area contributed by atoms with E-state index >= 15 is 0 Å². The van der Waals surface area contributed by atoms with Crippen LogP contribution in [0.4, 0.5) is 0 Å². The summed E-state index contributed by atoms with van der Waals surface area (Å²) in [6.45, 7) is 7.54. The average Bonchev–Trinajstić information content (AvgIpc) is 2.75. The molecule has 2 rings (SSSR count). The van der Waals surface area contributed by atoms with E-state index in [4.69, 9.17) is 11.6 Å². The first-order chi connectivity index (χ1) is 8.86. The number of likely N-dealkylation sites (tertiary alicyclic amines) is 1. The number of hydrogen-bond donors (Lipinski definition) is 0. The Kier molecular flexibility index (Phi) is 4.09. The molecule has 0 saturated carbocycles. The van der Waals surface area contributed by atoms with E-state index in [1.165, 1.54) is 6.20 Å². The summed E-state index contributed by atoms with van der Waals surface area (Å²) in [6.07, 6.45) is 5.15. The van der Waals surface area contributed by atoms with E-state index < -0.39 is 0 Å². The molecule has 1 saturated heterocycles. The summed E-state index contributed by atoms with van der Waals surface area (Å²) < 4.78 is 0. The maximum absolute atomic E-state index is 12.2. The van der Waals surface area contributed by atoms with Gasteiger partial charge in [0.2, 0.25) is 5.91 Å². The van der Waals surface area contributed by atoms with Crippen LogP contribution in [-0.4, -0.2) is 33.9 Å². The van der Waals surface area contributed by atoms with Crippen LogP contribution < -0.4 is 0 Å². The van der Waals surface area contributed by atoms with Crippen LogP contribution in [0.25, 0.3) is 0 Å². The first-order valence-electron chi connectivity index (χ1n) is 6.62. The van der Waals surface area contributed by atoms with Crippen molar-refractivity contribution >= 4 is 17.5 Å². The van der Waals surface area contributed by atoms with Crippen molar-refractivity contribution in [1.29, 1.82) is 0 Å². The van der Waals surface area contributed by atoms with E-state index in [-0.39, 0.29) is 11.3 Å². The number of rotatable bonds is 2. The van der Waals surface area contributed by atoms with E-state index in [1.54, 1.807) is 6.20 Å². The molecule has 0 aromatic carbocycles. The molecule has 0 bridgehead atoms. The molecule has 0 aliphatic carbocycles. The highest BCUT2D eigenvalue weighted by Gasteiger charge is 2.32. The molecule has 1 fully saturated rings. The summed E-state index contributed by atoms with van der Waals surface area (Å²) in [7, 11) is 0. The highest BCUT2D eigenvalue weighted by Crippen LogP contribution is 2.25. The molecule has 1 aliphatic rings. The van der Waals surface area contributed by atoms with Gasteiger partial charge in [-0.15, -0.1) is 0 Å². The summed E-state index contributed by atoms with van der Waals surface area (Å²) in [5.41, 5.74) is 0.604. The molecule has 19 heavy (non-hydrogen) atoms. The average molecular weight is 282 g/mol. The molecule has 104 valence electrons. The molecule has 1 aromatic rings. The Labute approximate surface area is 119 Å². The van der Waals surface area contributed by atoms with Gasteiger partial charge in [0.25, 0.3) is 0 Å². The molecule has 0 N–H and O–H groups in total. The molecule has 5 heteroatoms. The lowest BCUT2D eigenvalue weighted by Crippen LogP contribution is -2.38. The van der Waals surface area contributed by atoms with E-state index in [0.29, 0.717) is 11.1 Å². The molecule has 2 heterocycles. The smallest absolute Gasteiger partial charge is 0.227 e. The summed E-state index contributed by atoms with van der Waals surface area (Å²) >= 11 is 5.83. The second-order valence-electron chi connectivity index (χ2n) is 6.19. The molecule has 0 unspecified atom stereocenters. The Morgan fingerprint density at radius 1 is 1.47 bits per heavy atom. The van der Waals surface area contributed by atoms with Gasteiger partial charge in [-0.25, -0.2) is 4.98 Å². The lowest BCUT2D eigenvalue weighted by molar-refractivity contribution is -0.138. The van der Waals surface area contributed by atoms with Gasteiger partial charge in [-0.3, -0.25) is 9.78 Å². The Morgan fingerprint density at radius 2 is 2.21 bits per heavy atom. The van der Waals surface area contributed by atoms with Crippen LogP contribution in [0.2, 0.25) is 5.15 Å². The standard InChI is InChI=1S/C14H20ClN3O/c1-14(2,3)13(19)18-5-4-10(9-18)6-11-7-16-8-12(15)17-11/h7-8,10H,4-6,9H2,1-3H3/t10-/m1/s1. The van der Waals surface area contributed by atoms with Gasteiger partial charge in [0.1, 0.15) is 5.15 Å². The van der Waals surface area contributed by atoms with Crippen LogP contribution in [-0.2, 0) is 11.2 Å². The zero-order valence-corrected chi connectivity index (χ0v) is 12.4. The van der Waals surface area contributed by atoms with Gasteiger partial charge < -0.3 is 4.90 Å². The predicted octanol–water partition coefficient (Wildman–Crippen LogP) is 2.57. The van der Waals surface area contributed by atoms with Crippen LogP contribution in [0.1, 0.15) is 32.9 Å². The maximum atomic E-state index is 12.2. The van der Waals surface area contributed by atoms with Crippen molar-refractivity contribution < 1.29 is 4.79 Å². The number of carbonyl (C=O) groups excluding carboxylic acids is 1. The zero-order chi connectivity index (χ0) is 14.0.